The summed E-state index contributed by atoms with van der Waals surface area (Å²) in [5, 5.41) is 1.35. The second kappa shape index (κ2) is 8.42. The molecule has 1 aromatic heterocycles. The van der Waals surface area contributed by atoms with Crippen molar-refractivity contribution in [3.8, 4) is 0 Å². The van der Waals surface area contributed by atoms with Crippen LogP contribution in [0.1, 0.15) is 20.8 Å². The lowest BCUT2D eigenvalue weighted by atomic mass is 10.1. The van der Waals surface area contributed by atoms with E-state index in [2.05, 4.69) is 0 Å². The van der Waals surface area contributed by atoms with Crippen LogP contribution < -0.4 is 27.3 Å². The van der Waals surface area contributed by atoms with E-state index >= 15 is 0 Å². The average Bonchev–Trinajstić information content (AvgIpc) is 2.87. The molecule has 3 nitrogen and oxygen atoms in total. The largest absolute Gasteiger partial charge is 1.00 e. The highest BCUT2D eigenvalue weighted by Crippen LogP contribution is 2.19. The fraction of sp³-hybridized carbons (Fsp3) is 0.111. The van der Waals surface area contributed by atoms with Crippen molar-refractivity contribution < 1.29 is 26.3 Å². The monoisotopic (exact) mass is 422 g/mol. The van der Waals surface area contributed by atoms with Gasteiger partial charge in [0.15, 0.2) is 6.54 Å². The number of hydrogen-bond donors (Lipinski definition) is 1. The molecule has 0 fully saturated rings. The second-order valence-corrected chi connectivity index (χ2v) is 6.84. The Labute approximate surface area is 160 Å². The van der Waals surface area contributed by atoms with E-state index in [9.17, 15) is 4.79 Å². The molecule has 24 heavy (non-hydrogen) atoms. The number of nitrogens with zero attached hydrogens (tertiary/aromatic N) is 1. The van der Waals surface area contributed by atoms with Gasteiger partial charge in [-0.05, 0) is 17.7 Å². The molecule has 2 N–H and O–H groups in total. The number of carbonyl (C=O) groups excluding carboxylic acids is 1. The molecule has 6 heteroatoms. The number of nitrogens with two attached hydrogens (primary N) is 1. The van der Waals surface area contributed by atoms with Gasteiger partial charge in [-0.25, -0.2) is 4.57 Å². The molecule has 3 rings (SSSR count). The number of carbonyl (C=O) groups is 1. The second-order valence-electron chi connectivity index (χ2n) is 5.26. The van der Waals surface area contributed by atoms with E-state index in [1.807, 2.05) is 60.8 Å². The van der Waals surface area contributed by atoms with Gasteiger partial charge in [0.05, 0.1) is 4.88 Å². The predicted octanol–water partition coefficient (Wildman–Crippen LogP) is 0.749. The van der Waals surface area contributed by atoms with Crippen molar-refractivity contribution in [1.29, 1.82) is 0 Å². The Morgan fingerprint density at radius 2 is 1.88 bits per heavy atom. The van der Waals surface area contributed by atoms with Crippen molar-refractivity contribution in [1.82, 2.24) is 0 Å². The maximum Gasteiger partial charge on any atom is 0.332 e. The molecule has 3 aromatic rings. The first-order valence-corrected chi connectivity index (χ1v) is 8.41. The van der Waals surface area contributed by atoms with E-state index in [1.54, 1.807) is 4.57 Å². The van der Waals surface area contributed by atoms with Crippen LogP contribution in [0.15, 0.2) is 60.8 Å². The van der Waals surface area contributed by atoms with E-state index in [4.69, 9.17) is 17.3 Å². The molecule has 0 unspecified atom stereocenters. The van der Waals surface area contributed by atoms with E-state index in [0.717, 1.165) is 21.9 Å². The molecule has 0 radical (unpaired) electrons. The Hall–Kier alpha value is -1.69. The van der Waals surface area contributed by atoms with Gasteiger partial charge in [0, 0.05) is 17.0 Å². The Bertz CT molecular complexity index is 836. The summed E-state index contributed by atoms with van der Waals surface area (Å²) >= 11 is 7.51. The summed E-state index contributed by atoms with van der Waals surface area (Å²) in [5.41, 5.74) is 7.88. The van der Waals surface area contributed by atoms with Crippen LogP contribution in [0, 0.1) is 0 Å². The quantitative estimate of drug-likeness (QED) is 0.486. The molecule has 1 heterocycles. The highest BCUT2D eigenvalue weighted by molar-refractivity contribution is 7.14. The fourth-order valence-electron chi connectivity index (χ4n) is 2.38. The molecule has 2 aromatic carbocycles. The number of ketones is 1. The van der Waals surface area contributed by atoms with Crippen LogP contribution in [-0.4, -0.2) is 5.78 Å². The highest BCUT2D eigenvalue weighted by Gasteiger charge is 2.16. The summed E-state index contributed by atoms with van der Waals surface area (Å²) in [6.07, 6.45) is 2.70. The third-order valence-corrected chi connectivity index (χ3v) is 4.69. The van der Waals surface area contributed by atoms with Crippen molar-refractivity contribution in [2.24, 2.45) is 0 Å². The Balaban J connectivity index is 0.00000208. The first kappa shape index (κ1) is 18.6. The lowest BCUT2D eigenvalue weighted by molar-refractivity contribution is -0.664. The zero-order valence-corrected chi connectivity index (χ0v) is 15.9. The van der Waals surface area contributed by atoms with Gasteiger partial charge >= 0.3 is 5.13 Å². The summed E-state index contributed by atoms with van der Waals surface area (Å²) in [6.45, 7) is 0.252. The predicted molar refractivity (Wildman–Crippen MR) is 94.0 cm³/mol. The van der Waals surface area contributed by atoms with E-state index in [1.165, 1.54) is 11.3 Å². The minimum atomic E-state index is 0. The summed E-state index contributed by atoms with van der Waals surface area (Å²) in [7, 11) is 0. The number of anilines is 1. The SMILES string of the molecule is Nc1sc(Cc2cccc(Cl)c2)c[n+]1CC(=O)c1ccccc1.[Br-]. The smallest absolute Gasteiger partial charge is 0.332 e. The van der Waals surface area contributed by atoms with E-state index in [-0.39, 0.29) is 29.3 Å². The fourth-order valence-corrected chi connectivity index (χ4v) is 3.51. The summed E-state index contributed by atoms with van der Waals surface area (Å²) in [6, 6.07) is 17.0. The Morgan fingerprint density at radius 1 is 1.12 bits per heavy atom. The highest BCUT2D eigenvalue weighted by atomic mass is 79.9. The first-order valence-electron chi connectivity index (χ1n) is 7.22. The first-order chi connectivity index (χ1) is 11.1. The molecule has 0 amide bonds. The molecular formula is C18H16BrClN2OS. The number of halogens is 2. The number of thiazole rings is 1. The number of nitrogen functional groups attached to an aromatic ring is 1. The normalized spacial score (nSPS) is 10.2. The number of Topliss-reactive ketones (excluding diaryl/α,β-unsaturated/α-hetero) is 1. The molecule has 0 spiro atoms. The lowest BCUT2D eigenvalue weighted by Gasteiger charge is -1.99. The van der Waals surface area contributed by atoms with Crippen LogP contribution in [0.4, 0.5) is 5.13 Å². The Kier molecular flexibility index (Phi) is 6.54. The van der Waals surface area contributed by atoms with Crippen LogP contribution in [0.25, 0.3) is 0 Å². The van der Waals surface area contributed by atoms with Gasteiger partial charge in [-0.3, -0.25) is 10.5 Å². The minimum Gasteiger partial charge on any atom is -1.00 e. The molecule has 0 aliphatic carbocycles. The zero-order valence-electron chi connectivity index (χ0n) is 12.8. The van der Waals surface area contributed by atoms with E-state index < -0.39 is 0 Å². The van der Waals surface area contributed by atoms with Crippen LogP contribution in [0.3, 0.4) is 0 Å². The van der Waals surface area contributed by atoms with Crippen molar-refractivity contribution >= 4 is 33.9 Å². The molecule has 0 aliphatic rings. The molecule has 124 valence electrons. The van der Waals surface area contributed by atoms with Crippen molar-refractivity contribution in [2.45, 2.75) is 13.0 Å². The third-order valence-electron chi connectivity index (χ3n) is 3.50. The van der Waals surface area contributed by atoms with Crippen LogP contribution in [-0.2, 0) is 13.0 Å². The zero-order chi connectivity index (χ0) is 16.2. The third kappa shape index (κ3) is 4.66. The molecule has 0 aliphatic heterocycles. The lowest BCUT2D eigenvalue weighted by Crippen LogP contribution is -3.00. The average molecular weight is 424 g/mol. The molecular weight excluding hydrogens is 408 g/mol. The standard InChI is InChI=1S/C18H15ClN2OS.BrH/c19-15-8-4-5-13(9-15)10-16-11-21(18(20)23-16)12-17(22)14-6-2-1-3-7-14;/h1-9,11,20H,10,12H2;1H. The van der Waals surface area contributed by atoms with E-state index in [0.29, 0.717) is 10.7 Å². The molecule has 0 atom stereocenters. The maximum absolute atomic E-state index is 12.3. The van der Waals surface area contributed by atoms with Gasteiger partial charge in [-0.2, -0.15) is 0 Å². The summed E-state index contributed by atoms with van der Waals surface area (Å²) in [4.78, 5) is 13.4. The van der Waals surface area contributed by atoms with Gasteiger partial charge in [-0.1, -0.05) is 65.4 Å². The molecule has 0 saturated carbocycles. The van der Waals surface area contributed by atoms with Gasteiger partial charge in [0.1, 0.15) is 6.20 Å². The van der Waals surface area contributed by atoms with Crippen molar-refractivity contribution in [2.75, 3.05) is 5.73 Å². The maximum atomic E-state index is 12.3. The van der Waals surface area contributed by atoms with Crippen LogP contribution in [0.5, 0.6) is 0 Å². The molecule has 0 bridgehead atoms. The molecule has 0 saturated heterocycles. The van der Waals surface area contributed by atoms with Crippen molar-refractivity contribution in [3.05, 3.63) is 81.8 Å². The summed E-state index contributed by atoms with van der Waals surface area (Å²) < 4.78 is 1.81. The topological polar surface area (TPSA) is 47.0 Å². The number of rotatable bonds is 5. The number of hydrogen-bond acceptors (Lipinski definition) is 3. The van der Waals surface area contributed by atoms with Gasteiger partial charge < -0.3 is 17.0 Å². The van der Waals surface area contributed by atoms with Gasteiger partial charge in [0.2, 0.25) is 5.78 Å². The Morgan fingerprint density at radius 3 is 2.58 bits per heavy atom. The van der Waals surface area contributed by atoms with Crippen LogP contribution in [0.2, 0.25) is 5.02 Å². The van der Waals surface area contributed by atoms with Gasteiger partial charge in [-0.15, -0.1) is 0 Å². The van der Waals surface area contributed by atoms with Crippen molar-refractivity contribution in [3.63, 3.8) is 0 Å². The number of aromatic nitrogens is 1. The minimum absolute atomic E-state index is 0. The van der Waals surface area contributed by atoms with Crippen LogP contribution >= 0.6 is 22.9 Å². The summed E-state index contributed by atoms with van der Waals surface area (Å²) in [5.74, 6) is 0.0504. The number of benzene rings is 2. The van der Waals surface area contributed by atoms with Gasteiger partial charge in [0.25, 0.3) is 0 Å².